The van der Waals surface area contributed by atoms with Gasteiger partial charge in [-0.1, -0.05) is 19.9 Å². The maximum Gasteiger partial charge on any atom is 0.336 e. The Kier molecular flexibility index (Phi) is 4.56. The smallest absolute Gasteiger partial charge is 0.336 e. The molecule has 0 radical (unpaired) electrons. The maximum absolute atomic E-state index is 12.3. The fraction of sp³-hybridized carbons (Fsp3) is 0.700. The van der Waals surface area contributed by atoms with Crippen LogP contribution < -0.4 is 0 Å². The van der Waals surface area contributed by atoms with Crippen LogP contribution >= 0.6 is 0 Å². The second-order valence-electron chi connectivity index (χ2n) is 8.19. The van der Waals surface area contributed by atoms with Crippen LogP contribution in [0.3, 0.4) is 0 Å². The molecule has 0 aromatic heterocycles. The molecule has 2 fully saturated rings. The molecule has 0 unspecified atom stereocenters. The lowest BCUT2D eigenvalue weighted by molar-refractivity contribution is -0.237. The maximum atomic E-state index is 12.3. The summed E-state index contributed by atoms with van der Waals surface area (Å²) < 4.78 is 11.0. The number of aliphatic hydroxyl groups excluding tert-OH is 1. The van der Waals surface area contributed by atoms with Crippen molar-refractivity contribution in [3.8, 4) is 0 Å². The molecule has 2 aliphatic carbocycles. The van der Waals surface area contributed by atoms with Crippen molar-refractivity contribution in [1.29, 1.82) is 0 Å². The van der Waals surface area contributed by atoms with E-state index in [1.54, 1.807) is 26.8 Å². The molecule has 0 saturated heterocycles. The summed E-state index contributed by atoms with van der Waals surface area (Å²) in [6, 6.07) is 0. The van der Waals surface area contributed by atoms with Crippen molar-refractivity contribution in [3.63, 3.8) is 0 Å². The van der Waals surface area contributed by atoms with Gasteiger partial charge in [-0.25, -0.2) is 9.59 Å². The molecule has 144 valence electrons. The molecule has 0 bridgehead atoms. The lowest BCUT2D eigenvalue weighted by atomic mass is 9.51. The number of ether oxygens (including phenoxy) is 2. The van der Waals surface area contributed by atoms with Gasteiger partial charge in [0.25, 0.3) is 0 Å². The monoisotopic (exact) mass is 364 g/mol. The van der Waals surface area contributed by atoms with Crippen molar-refractivity contribution in [2.75, 3.05) is 0 Å². The van der Waals surface area contributed by atoms with Crippen LogP contribution in [0.25, 0.3) is 0 Å². The number of rotatable bonds is 2. The molecule has 0 spiro atoms. The van der Waals surface area contributed by atoms with Crippen molar-refractivity contribution < 1.29 is 29.3 Å². The van der Waals surface area contributed by atoms with Crippen LogP contribution in [0, 0.1) is 17.3 Å². The Balaban J connectivity index is 2.00. The molecule has 6 heteroatoms. The fourth-order valence-electron chi connectivity index (χ4n) is 4.87. The standard InChI is InChI=1S/C20H28O6/c1-6-10(2)17(22)25-14-8-7-11(3)19(5)13(14)9-20(24)15(16(19)21)12(4)18(23)26-20/h6,11,13-14,16,21,24H,7-9H2,1-5H3/t11-,13-,14-,16+,19+,20-/m0/s1. The number of hydrogen-bond donors (Lipinski definition) is 2. The van der Waals surface area contributed by atoms with Crippen molar-refractivity contribution >= 4 is 11.9 Å². The van der Waals surface area contributed by atoms with E-state index in [0.29, 0.717) is 12.0 Å². The predicted molar refractivity (Wildman–Crippen MR) is 93.7 cm³/mol. The number of esters is 2. The minimum absolute atomic E-state index is 0.121. The van der Waals surface area contributed by atoms with Crippen LogP contribution in [0.1, 0.15) is 53.9 Å². The van der Waals surface area contributed by atoms with E-state index in [9.17, 15) is 19.8 Å². The molecular weight excluding hydrogens is 336 g/mol. The fourth-order valence-corrected chi connectivity index (χ4v) is 4.87. The summed E-state index contributed by atoms with van der Waals surface area (Å²) in [5.74, 6) is -2.99. The number of aliphatic hydroxyl groups is 2. The van der Waals surface area contributed by atoms with E-state index in [4.69, 9.17) is 9.47 Å². The zero-order valence-corrected chi connectivity index (χ0v) is 16.0. The summed E-state index contributed by atoms with van der Waals surface area (Å²) in [6.45, 7) is 9.05. The van der Waals surface area contributed by atoms with Gasteiger partial charge in [-0.2, -0.15) is 0 Å². The molecule has 26 heavy (non-hydrogen) atoms. The van der Waals surface area contributed by atoms with Gasteiger partial charge in [0.05, 0.1) is 6.10 Å². The topological polar surface area (TPSA) is 93.1 Å². The van der Waals surface area contributed by atoms with Crippen LogP contribution in [0.2, 0.25) is 0 Å². The second-order valence-corrected chi connectivity index (χ2v) is 8.19. The molecule has 1 heterocycles. The highest BCUT2D eigenvalue weighted by molar-refractivity contribution is 5.92. The Morgan fingerprint density at radius 1 is 1.38 bits per heavy atom. The normalized spacial score (nSPS) is 42.9. The first-order valence-electron chi connectivity index (χ1n) is 9.25. The first kappa shape index (κ1) is 19.1. The molecule has 6 nitrogen and oxygen atoms in total. The van der Waals surface area contributed by atoms with Crippen molar-refractivity contribution in [2.24, 2.45) is 17.3 Å². The minimum Gasteiger partial charge on any atom is -0.459 e. The molecule has 0 aromatic rings. The molecule has 0 aromatic carbocycles. The quantitative estimate of drug-likeness (QED) is 0.577. The van der Waals surface area contributed by atoms with Gasteiger partial charge in [0.1, 0.15) is 6.10 Å². The van der Waals surface area contributed by atoms with Gasteiger partial charge in [0.15, 0.2) is 0 Å². The third kappa shape index (κ3) is 2.54. The first-order valence-corrected chi connectivity index (χ1v) is 9.25. The Morgan fingerprint density at radius 2 is 2.04 bits per heavy atom. The largest absolute Gasteiger partial charge is 0.459 e. The van der Waals surface area contributed by atoms with Crippen LogP contribution in [0.4, 0.5) is 0 Å². The van der Waals surface area contributed by atoms with Crippen LogP contribution in [-0.4, -0.2) is 40.1 Å². The Bertz CT molecular complexity index is 707. The molecule has 0 amide bonds. The third-order valence-electron chi connectivity index (χ3n) is 6.96. The molecule has 3 aliphatic rings. The number of allylic oxidation sites excluding steroid dienone is 1. The number of hydrogen-bond acceptors (Lipinski definition) is 6. The van der Waals surface area contributed by atoms with E-state index in [2.05, 4.69) is 6.92 Å². The van der Waals surface area contributed by atoms with Crippen molar-refractivity contribution in [2.45, 2.75) is 71.9 Å². The van der Waals surface area contributed by atoms with Crippen molar-refractivity contribution in [1.82, 2.24) is 0 Å². The van der Waals surface area contributed by atoms with E-state index in [1.807, 2.05) is 6.92 Å². The van der Waals surface area contributed by atoms with E-state index in [0.717, 1.165) is 6.42 Å². The number of carbonyl (C=O) groups is 2. The average Bonchev–Trinajstić information content (AvgIpc) is 2.81. The van der Waals surface area contributed by atoms with E-state index in [1.165, 1.54) is 0 Å². The van der Waals surface area contributed by atoms with Gasteiger partial charge in [-0.15, -0.1) is 0 Å². The van der Waals surface area contributed by atoms with Gasteiger partial charge in [-0.3, -0.25) is 0 Å². The molecule has 3 rings (SSSR count). The molecular formula is C20H28O6. The Labute approximate surface area is 153 Å². The zero-order chi connectivity index (χ0) is 19.4. The SMILES string of the molecule is CC=C(C)C(=O)O[C@H]1CC[C@H](C)[C@@]2(C)[C@H](O)C3=C(C)C(=O)O[C@@]3(O)C[C@@H]12. The summed E-state index contributed by atoms with van der Waals surface area (Å²) in [7, 11) is 0. The lowest BCUT2D eigenvalue weighted by Gasteiger charge is -2.57. The Hall–Kier alpha value is -1.66. The zero-order valence-electron chi connectivity index (χ0n) is 16.0. The molecule has 6 atom stereocenters. The molecule has 2 N–H and O–H groups in total. The summed E-state index contributed by atoms with van der Waals surface area (Å²) >= 11 is 0. The summed E-state index contributed by atoms with van der Waals surface area (Å²) in [6.07, 6.45) is 1.78. The van der Waals surface area contributed by atoms with Crippen molar-refractivity contribution in [3.05, 3.63) is 22.8 Å². The number of carbonyl (C=O) groups excluding carboxylic acids is 2. The van der Waals surface area contributed by atoms with Gasteiger partial charge in [0.2, 0.25) is 5.79 Å². The highest BCUT2D eigenvalue weighted by atomic mass is 16.7. The lowest BCUT2D eigenvalue weighted by Crippen LogP contribution is -2.62. The second kappa shape index (κ2) is 6.20. The average molecular weight is 364 g/mol. The third-order valence-corrected chi connectivity index (χ3v) is 6.96. The van der Waals surface area contributed by atoms with Gasteiger partial charge >= 0.3 is 11.9 Å². The Morgan fingerprint density at radius 3 is 2.65 bits per heavy atom. The highest BCUT2D eigenvalue weighted by Gasteiger charge is 2.65. The number of fused-ring (bicyclic) bond motifs is 2. The van der Waals surface area contributed by atoms with Gasteiger partial charge in [-0.05, 0) is 39.5 Å². The summed E-state index contributed by atoms with van der Waals surface area (Å²) in [4.78, 5) is 24.3. The van der Waals surface area contributed by atoms with Crippen LogP contribution in [0.5, 0.6) is 0 Å². The van der Waals surface area contributed by atoms with Crippen LogP contribution in [-0.2, 0) is 19.1 Å². The van der Waals surface area contributed by atoms with Gasteiger partial charge in [0, 0.05) is 34.5 Å². The van der Waals surface area contributed by atoms with E-state index < -0.39 is 35.3 Å². The minimum atomic E-state index is -1.82. The summed E-state index contributed by atoms with van der Waals surface area (Å²) in [5, 5.41) is 22.1. The van der Waals surface area contributed by atoms with E-state index in [-0.39, 0.29) is 29.4 Å². The van der Waals surface area contributed by atoms with Gasteiger partial charge < -0.3 is 19.7 Å². The summed E-state index contributed by atoms with van der Waals surface area (Å²) in [5.41, 5.74) is 0.439. The van der Waals surface area contributed by atoms with E-state index >= 15 is 0 Å². The predicted octanol–water partition coefficient (Wildman–Crippen LogP) is 2.24. The molecule has 1 aliphatic heterocycles. The highest BCUT2D eigenvalue weighted by Crippen LogP contribution is 2.59. The first-order chi connectivity index (χ1) is 12.1. The van der Waals surface area contributed by atoms with Crippen LogP contribution in [0.15, 0.2) is 22.8 Å². The molecule has 2 saturated carbocycles.